The van der Waals surface area contributed by atoms with Gasteiger partial charge in [-0.3, -0.25) is 4.79 Å². The van der Waals surface area contributed by atoms with Crippen molar-refractivity contribution in [3.05, 3.63) is 77.4 Å². The minimum atomic E-state index is -0.163. The van der Waals surface area contributed by atoms with Crippen LogP contribution in [0.2, 0.25) is 0 Å². The molecule has 0 bridgehead atoms. The molecule has 0 aliphatic heterocycles. The average molecular weight is 389 g/mol. The molecule has 1 amide bonds. The second-order valence-corrected chi connectivity index (χ2v) is 7.90. The monoisotopic (exact) mass is 388 g/mol. The van der Waals surface area contributed by atoms with Crippen molar-refractivity contribution < 1.29 is 4.79 Å². The van der Waals surface area contributed by atoms with Crippen LogP contribution in [0.1, 0.15) is 59.7 Å². The molecule has 1 N–H and O–H groups in total. The van der Waals surface area contributed by atoms with Crippen molar-refractivity contribution in [1.29, 1.82) is 0 Å². The van der Waals surface area contributed by atoms with Gasteiger partial charge < -0.3 is 5.32 Å². The van der Waals surface area contributed by atoms with Crippen LogP contribution in [0.4, 0.5) is 0 Å². The number of nitrogens with zero attached hydrogens (tertiary/aromatic N) is 3. The summed E-state index contributed by atoms with van der Waals surface area (Å²) in [7, 11) is 0. The smallest absolute Gasteiger partial charge is 0.291 e. The number of amides is 1. The highest BCUT2D eigenvalue weighted by molar-refractivity contribution is 5.90. The largest absolute Gasteiger partial charge is 0.347 e. The van der Waals surface area contributed by atoms with E-state index >= 15 is 0 Å². The van der Waals surface area contributed by atoms with E-state index in [0.717, 1.165) is 42.8 Å². The zero-order valence-corrected chi connectivity index (χ0v) is 17.0. The number of aryl methyl sites for hydroxylation is 3. The predicted octanol–water partition coefficient (Wildman–Crippen LogP) is 4.42. The summed E-state index contributed by atoms with van der Waals surface area (Å²) in [6.07, 6.45) is 7.29. The van der Waals surface area contributed by atoms with Gasteiger partial charge in [0.25, 0.3) is 5.91 Å². The first-order valence-corrected chi connectivity index (χ1v) is 10.6. The second-order valence-electron chi connectivity index (χ2n) is 7.90. The third kappa shape index (κ3) is 4.91. The van der Waals surface area contributed by atoms with Gasteiger partial charge in [-0.15, -0.1) is 5.10 Å². The molecule has 0 saturated heterocycles. The van der Waals surface area contributed by atoms with Crippen LogP contribution < -0.4 is 5.32 Å². The number of rotatable bonds is 6. The number of nitrogens with one attached hydrogen (secondary N) is 1. The summed E-state index contributed by atoms with van der Waals surface area (Å²) in [5.74, 6) is 0.914. The van der Waals surface area contributed by atoms with Gasteiger partial charge in [0.2, 0.25) is 5.82 Å². The molecule has 0 radical (unpaired) electrons. The van der Waals surface area contributed by atoms with E-state index in [1.54, 1.807) is 0 Å². The molecule has 29 heavy (non-hydrogen) atoms. The van der Waals surface area contributed by atoms with Crippen molar-refractivity contribution in [2.75, 3.05) is 0 Å². The maximum Gasteiger partial charge on any atom is 0.291 e. The third-order valence-electron chi connectivity index (χ3n) is 5.54. The molecule has 5 nitrogen and oxygen atoms in total. The van der Waals surface area contributed by atoms with Crippen LogP contribution in [0.3, 0.4) is 0 Å². The first-order valence-electron chi connectivity index (χ1n) is 10.6. The molecule has 0 spiro atoms. The fraction of sp³-hybridized carbons (Fsp3) is 0.375. The molecule has 1 fully saturated rings. The molecule has 1 saturated carbocycles. The van der Waals surface area contributed by atoms with E-state index in [4.69, 9.17) is 0 Å². The van der Waals surface area contributed by atoms with Crippen LogP contribution in [0.15, 0.2) is 54.6 Å². The van der Waals surface area contributed by atoms with Gasteiger partial charge in [-0.25, -0.2) is 9.67 Å². The topological polar surface area (TPSA) is 59.8 Å². The lowest BCUT2D eigenvalue weighted by Crippen LogP contribution is -2.36. The van der Waals surface area contributed by atoms with E-state index in [0.29, 0.717) is 0 Å². The Hall–Kier alpha value is -2.95. The Morgan fingerprint density at radius 3 is 2.59 bits per heavy atom. The van der Waals surface area contributed by atoms with E-state index in [9.17, 15) is 4.79 Å². The molecule has 150 valence electrons. The summed E-state index contributed by atoms with van der Waals surface area (Å²) in [5.41, 5.74) is 3.34. The first kappa shape index (κ1) is 19.4. The predicted molar refractivity (Wildman–Crippen MR) is 114 cm³/mol. The number of benzene rings is 2. The summed E-state index contributed by atoms with van der Waals surface area (Å²) in [4.78, 5) is 17.4. The Bertz CT molecular complexity index is 958. The molecule has 1 aromatic heterocycles. The molecule has 0 atom stereocenters. The van der Waals surface area contributed by atoms with E-state index < -0.39 is 0 Å². The molecule has 5 heteroatoms. The van der Waals surface area contributed by atoms with Crippen molar-refractivity contribution in [2.24, 2.45) is 0 Å². The number of carbonyl (C=O) groups excluding carboxylic acids is 1. The van der Waals surface area contributed by atoms with Crippen molar-refractivity contribution in [2.45, 2.75) is 57.9 Å². The summed E-state index contributed by atoms with van der Waals surface area (Å²) in [5, 5.41) is 7.73. The van der Waals surface area contributed by atoms with Crippen LogP contribution in [0.5, 0.6) is 0 Å². The molecule has 4 rings (SSSR count). The van der Waals surface area contributed by atoms with Gasteiger partial charge in [0, 0.05) is 12.5 Å². The first-order chi connectivity index (χ1) is 14.2. The van der Waals surface area contributed by atoms with Crippen LogP contribution >= 0.6 is 0 Å². The third-order valence-corrected chi connectivity index (χ3v) is 5.54. The van der Waals surface area contributed by atoms with Crippen LogP contribution in [0, 0.1) is 6.92 Å². The van der Waals surface area contributed by atoms with Gasteiger partial charge >= 0.3 is 0 Å². The highest BCUT2D eigenvalue weighted by atomic mass is 16.2. The zero-order valence-electron chi connectivity index (χ0n) is 17.0. The van der Waals surface area contributed by atoms with Gasteiger partial charge in [-0.05, 0) is 49.4 Å². The summed E-state index contributed by atoms with van der Waals surface area (Å²) < 4.78 is 1.83. The van der Waals surface area contributed by atoms with Crippen molar-refractivity contribution in [3.63, 3.8) is 0 Å². The second kappa shape index (κ2) is 9.03. The van der Waals surface area contributed by atoms with E-state index in [-0.39, 0.29) is 17.8 Å². The van der Waals surface area contributed by atoms with Crippen molar-refractivity contribution in [1.82, 2.24) is 20.1 Å². The molecule has 0 unspecified atom stereocenters. The van der Waals surface area contributed by atoms with E-state index in [2.05, 4.69) is 46.6 Å². The Labute approximate surface area is 172 Å². The number of aromatic nitrogens is 3. The number of hydrogen-bond donors (Lipinski definition) is 1. The molecule has 1 heterocycles. The molecule has 1 aliphatic rings. The van der Waals surface area contributed by atoms with Crippen LogP contribution in [-0.4, -0.2) is 26.7 Å². The normalized spacial score (nSPS) is 14.7. The molecular formula is C24H28N4O. The Morgan fingerprint density at radius 2 is 1.83 bits per heavy atom. The van der Waals surface area contributed by atoms with Gasteiger partial charge in [-0.1, -0.05) is 61.7 Å². The van der Waals surface area contributed by atoms with Gasteiger partial charge in [0.05, 0.1) is 5.69 Å². The quantitative estimate of drug-likeness (QED) is 0.680. The fourth-order valence-electron chi connectivity index (χ4n) is 3.97. The lowest BCUT2D eigenvalue weighted by atomic mass is 9.95. The minimum absolute atomic E-state index is 0.163. The van der Waals surface area contributed by atoms with Gasteiger partial charge in [-0.2, -0.15) is 0 Å². The molecule has 1 aliphatic carbocycles. The Morgan fingerprint density at radius 1 is 1.03 bits per heavy atom. The standard InChI is InChI=1S/C24H28N4O/c1-18-9-8-14-21(17-18)28-22(16-15-19-10-4-2-5-11-19)26-23(27-28)24(29)25-20-12-6-3-7-13-20/h2,4-5,8-11,14,17,20H,3,6-7,12-13,15-16H2,1H3,(H,25,29). The lowest BCUT2D eigenvalue weighted by molar-refractivity contribution is 0.0917. The maximum atomic E-state index is 12.8. The highest BCUT2D eigenvalue weighted by Gasteiger charge is 2.21. The van der Waals surface area contributed by atoms with E-state index in [1.807, 2.05) is 35.0 Å². The lowest BCUT2D eigenvalue weighted by Gasteiger charge is -2.21. The fourth-order valence-corrected chi connectivity index (χ4v) is 3.97. The zero-order chi connectivity index (χ0) is 20.1. The Balaban J connectivity index is 1.58. The van der Waals surface area contributed by atoms with Crippen LogP contribution in [-0.2, 0) is 12.8 Å². The molecular weight excluding hydrogens is 360 g/mol. The number of hydrogen-bond acceptors (Lipinski definition) is 3. The minimum Gasteiger partial charge on any atom is -0.347 e. The van der Waals surface area contributed by atoms with Crippen LogP contribution in [0.25, 0.3) is 5.69 Å². The van der Waals surface area contributed by atoms with Crippen molar-refractivity contribution in [3.8, 4) is 5.69 Å². The molecule has 3 aromatic rings. The summed E-state index contributed by atoms with van der Waals surface area (Å²) in [6, 6.07) is 18.7. The molecule has 2 aromatic carbocycles. The Kier molecular flexibility index (Phi) is 6.03. The van der Waals surface area contributed by atoms with Crippen molar-refractivity contribution >= 4 is 5.91 Å². The SMILES string of the molecule is Cc1cccc(-n2nc(C(=O)NC3CCCCC3)nc2CCc2ccccc2)c1. The average Bonchev–Trinajstić information content (AvgIpc) is 3.18. The maximum absolute atomic E-state index is 12.8. The van der Waals surface area contributed by atoms with E-state index in [1.165, 1.54) is 24.8 Å². The summed E-state index contributed by atoms with van der Waals surface area (Å²) >= 11 is 0. The highest BCUT2D eigenvalue weighted by Crippen LogP contribution is 2.18. The van der Waals surface area contributed by atoms with Gasteiger partial charge in [0.15, 0.2) is 0 Å². The van der Waals surface area contributed by atoms with Gasteiger partial charge in [0.1, 0.15) is 5.82 Å². The number of carbonyl (C=O) groups is 1. The summed E-state index contributed by atoms with van der Waals surface area (Å²) in [6.45, 7) is 2.06.